The highest BCUT2D eigenvalue weighted by Crippen LogP contribution is 2.22. The standard InChI is InChI=1S/C20H23N5O/c1-23(2)13-19(16-7-5-4-6-8-16)24(3)20(26)17-9-11-18(12-10-17)25-14-21-22-15-25/h4-12,14-15,19H,13H2,1-3H3/t19-/m1/s1. The van der Waals surface area contributed by atoms with Crippen molar-refractivity contribution < 1.29 is 4.79 Å². The number of carbonyl (C=O) groups is 1. The molecule has 3 aromatic rings. The van der Waals surface area contributed by atoms with E-state index in [1.54, 1.807) is 17.2 Å². The van der Waals surface area contributed by atoms with Crippen molar-refractivity contribution in [3.8, 4) is 5.69 Å². The summed E-state index contributed by atoms with van der Waals surface area (Å²) < 4.78 is 1.80. The fourth-order valence-corrected chi connectivity index (χ4v) is 2.93. The molecule has 6 heteroatoms. The minimum atomic E-state index is -0.0174. The minimum absolute atomic E-state index is 0.00370. The molecule has 0 saturated heterocycles. The number of likely N-dealkylation sites (N-methyl/N-ethyl adjacent to an activating group) is 2. The van der Waals surface area contributed by atoms with Gasteiger partial charge in [-0.25, -0.2) is 0 Å². The number of hydrogen-bond acceptors (Lipinski definition) is 4. The third-order valence-electron chi connectivity index (χ3n) is 4.34. The molecule has 0 aliphatic carbocycles. The van der Waals surface area contributed by atoms with Crippen molar-refractivity contribution in [2.45, 2.75) is 6.04 Å². The number of carbonyl (C=O) groups excluding carboxylic acids is 1. The minimum Gasteiger partial charge on any atom is -0.333 e. The van der Waals surface area contributed by atoms with Gasteiger partial charge in [-0.2, -0.15) is 0 Å². The first kappa shape index (κ1) is 17.8. The Bertz CT molecular complexity index is 828. The van der Waals surface area contributed by atoms with Crippen molar-refractivity contribution in [2.75, 3.05) is 27.7 Å². The molecule has 26 heavy (non-hydrogen) atoms. The summed E-state index contributed by atoms with van der Waals surface area (Å²) in [5.41, 5.74) is 2.70. The maximum atomic E-state index is 13.0. The number of benzene rings is 2. The van der Waals surface area contributed by atoms with Gasteiger partial charge in [0.05, 0.1) is 6.04 Å². The van der Waals surface area contributed by atoms with E-state index in [-0.39, 0.29) is 11.9 Å². The van der Waals surface area contributed by atoms with E-state index >= 15 is 0 Å². The Morgan fingerprint density at radius 3 is 2.15 bits per heavy atom. The maximum absolute atomic E-state index is 13.0. The first-order chi connectivity index (χ1) is 12.6. The van der Waals surface area contributed by atoms with Gasteiger partial charge in [-0.15, -0.1) is 10.2 Å². The van der Waals surface area contributed by atoms with Crippen molar-refractivity contribution >= 4 is 5.91 Å². The second-order valence-electron chi connectivity index (χ2n) is 6.52. The summed E-state index contributed by atoms with van der Waals surface area (Å²) in [4.78, 5) is 16.9. The van der Waals surface area contributed by atoms with Crippen LogP contribution in [0.3, 0.4) is 0 Å². The van der Waals surface area contributed by atoms with Crippen LogP contribution >= 0.6 is 0 Å². The second-order valence-corrected chi connectivity index (χ2v) is 6.52. The molecule has 0 spiro atoms. The highest BCUT2D eigenvalue weighted by Gasteiger charge is 2.23. The third-order valence-corrected chi connectivity index (χ3v) is 4.34. The van der Waals surface area contributed by atoms with Crippen LogP contribution in [0.25, 0.3) is 5.69 Å². The average molecular weight is 349 g/mol. The van der Waals surface area contributed by atoms with E-state index in [2.05, 4.69) is 27.2 Å². The molecule has 0 unspecified atom stereocenters. The number of rotatable bonds is 6. The molecule has 0 aliphatic heterocycles. The molecule has 0 radical (unpaired) electrons. The fourth-order valence-electron chi connectivity index (χ4n) is 2.93. The third kappa shape index (κ3) is 3.97. The quantitative estimate of drug-likeness (QED) is 0.686. The number of hydrogen-bond donors (Lipinski definition) is 0. The molecule has 1 atom stereocenters. The van der Waals surface area contributed by atoms with Gasteiger partial charge < -0.3 is 9.80 Å². The molecule has 6 nitrogen and oxygen atoms in total. The van der Waals surface area contributed by atoms with E-state index in [9.17, 15) is 4.79 Å². The summed E-state index contributed by atoms with van der Waals surface area (Å²) >= 11 is 0. The Labute approximate surface area is 153 Å². The first-order valence-corrected chi connectivity index (χ1v) is 8.48. The van der Waals surface area contributed by atoms with E-state index < -0.39 is 0 Å². The van der Waals surface area contributed by atoms with Crippen LogP contribution in [0.1, 0.15) is 22.0 Å². The number of nitrogens with zero attached hydrogens (tertiary/aromatic N) is 5. The molecule has 0 N–H and O–H groups in total. The molecular weight excluding hydrogens is 326 g/mol. The second kappa shape index (κ2) is 7.93. The van der Waals surface area contributed by atoms with Gasteiger partial charge in [-0.05, 0) is 43.9 Å². The Kier molecular flexibility index (Phi) is 5.43. The fraction of sp³-hybridized carbons (Fsp3) is 0.250. The predicted molar refractivity (Wildman–Crippen MR) is 101 cm³/mol. The van der Waals surface area contributed by atoms with E-state index in [1.165, 1.54) is 0 Å². The highest BCUT2D eigenvalue weighted by molar-refractivity contribution is 5.94. The summed E-state index contributed by atoms with van der Waals surface area (Å²) in [5, 5.41) is 7.60. The lowest BCUT2D eigenvalue weighted by atomic mass is 10.0. The van der Waals surface area contributed by atoms with Gasteiger partial charge in [0, 0.05) is 24.8 Å². The van der Waals surface area contributed by atoms with E-state index in [1.807, 2.05) is 68.5 Å². The lowest BCUT2D eigenvalue weighted by Crippen LogP contribution is -2.37. The molecule has 134 valence electrons. The Balaban J connectivity index is 1.82. The maximum Gasteiger partial charge on any atom is 0.254 e. The normalized spacial score (nSPS) is 12.2. The Morgan fingerprint density at radius 2 is 1.58 bits per heavy atom. The molecule has 0 bridgehead atoms. The molecule has 0 aliphatic rings. The van der Waals surface area contributed by atoms with Crippen LogP contribution in [0.2, 0.25) is 0 Å². The topological polar surface area (TPSA) is 54.3 Å². The van der Waals surface area contributed by atoms with E-state index in [4.69, 9.17) is 0 Å². The van der Waals surface area contributed by atoms with Crippen LogP contribution in [-0.2, 0) is 0 Å². The summed E-state index contributed by atoms with van der Waals surface area (Å²) in [7, 11) is 5.89. The van der Waals surface area contributed by atoms with Crippen molar-refractivity contribution in [3.63, 3.8) is 0 Å². The lowest BCUT2D eigenvalue weighted by molar-refractivity contribution is 0.0705. The van der Waals surface area contributed by atoms with Crippen LogP contribution in [0.5, 0.6) is 0 Å². The van der Waals surface area contributed by atoms with Gasteiger partial charge in [-0.1, -0.05) is 30.3 Å². The zero-order chi connectivity index (χ0) is 18.5. The summed E-state index contributed by atoms with van der Waals surface area (Å²) in [6.45, 7) is 0.755. The van der Waals surface area contributed by atoms with Gasteiger partial charge in [-0.3, -0.25) is 9.36 Å². The van der Waals surface area contributed by atoms with Crippen LogP contribution < -0.4 is 0 Å². The highest BCUT2D eigenvalue weighted by atomic mass is 16.2. The summed E-state index contributed by atoms with van der Waals surface area (Å²) in [6.07, 6.45) is 3.26. The lowest BCUT2D eigenvalue weighted by Gasteiger charge is -2.31. The largest absolute Gasteiger partial charge is 0.333 e. The zero-order valence-corrected chi connectivity index (χ0v) is 15.3. The van der Waals surface area contributed by atoms with Gasteiger partial charge in [0.15, 0.2) is 0 Å². The summed E-state index contributed by atoms with van der Waals surface area (Å²) in [6, 6.07) is 17.6. The van der Waals surface area contributed by atoms with Gasteiger partial charge in [0.1, 0.15) is 12.7 Å². The monoisotopic (exact) mass is 349 g/mol. The number of aromatic nitrogens is 3. The molecular formula is C20H23N5O. The SMILES string of the molecule is CN(C)C[C@H](c1ccccc1)N(C)C(=O)c1ccc(-n2cnnc2)cc1. The average Bonchev–Trinajstić information content (AvgIpc) is 3.20. The van der Waals surface area contributed by atoms with Gasteiger partial charge in [0.25, 0.3) is 5.91 Å². The molecule has 2 aromatic carbocycles. The number of amides is 1. The Hall–Kier alpha value is -2.99. The molecule has 1 heterocycles. The molecule has 1 amide bonds. The van der Waals surface area contributed by atoms with Crippen LogP contribution in [0.15, 0.2) is 67.3 Å². The van der Waals surface area contributed by atoms with Crippen molar-refractivity contribution in [3.05, 3.63) is 78.4 Å². The first-order valence-electron chi connectivity index (χ1n) is 8.48. The molecule has 3 rings (SSSR count). The van der Waals surface area contributed by atoms with Gasteiger partial charge in [0.2, 0.25) is 0 Å². The summed E-state index contributed by atoms with van der Waals surface area (Å²) in [5.74, 6) is -0.00370. The van der Waals surface area contributed by atoms with Crippen molar-refractivity contribution in [1.82, 2.24) is 24.6 Å². The Morgan fingerprint density at radius 1 is 0.962 bits per heavy atom. The van der Waals surface area contributed by atoms with Crippen molar-refractivity contribution in [1.29, 1.82) is 0 Å². The molecule has 0 saturated carbocycles. The van der Waals surface area contributed by atoms with Gasteiger partial charge >= 0.3 is 0 Å². The smallest absolute Gasteiger partial charge is 0.254 e. The van der Waals surface area contributed by atoms with Crippen LogP contribution in [0, 0.1) is 0 Å². The van der Waals surface area contributed by atoms with Crippen LogP contribution in [0.4, 0.5) is 0 Å². The zero-order valence-electron chi connectivity index (χ0n) is 15.3. The molecule has 0 fully saturated rings. The predicted octanol–water partition coefficient (Wildman–Crippen LogP) is 2.64. The van der Waals surface area contributed by atoms with Crippen LogP contribution in [-0.4, -0.2) is 58.2 Å². The van der Waals surface area contributed by atoms with Crippen molar-refractivity contribution in [2.24, 2.45) is 0 Å². The van der Waals surface area contributed by atoms with E-state index in [0.29, 0.717) is 5.56 Å². The molecule has 1 aromatic heterocycles. The van der Waals surface area contributed by atoms with E-state index in [0.717, 1.165) is 17.8 Å².